The highest BCUT2D eigenvalue weighted by atomic mass is 32.2. The van der Waals surface area contributed by atoms with E-state index >= 15 is 0 Å². The van der Waals surface area contributed by atoms with E-state index in [1.807, 2.05) is 42.5 Å². The Labute approximate surface area is 151 Å². The topological polar surface area (TPSA) is 55.8 Å². The van der Waals surface area contributed by atoms with Crippen molar-refractivity contribution in [1.29, 1.82) is 0 Å². The van der Waals surface area contributed by atoms with E-state index in [4.69, 9.17) is 9.47 Å². The number of methoxy groups -OCH3 is 1. The van der Waals surface area contributed by atoms with Crippen LogP contribution in [0.4, 0.5) is 0 Å². The summed E-state index contributed by atoms with van der Waals surface area (Å²) in [5, 5.41) is 0. The SMILES string of the molecule is COc1ccc(SCC(=O)O[C@H](C(=O)N(C)C)c2ccccc2)cc1. The number of amides is 1. The molecule has 2 rings (SSSR count). The van der Waals surface area contributed by atoms with Crippen molar-refractivity contribution in [3.05, 3.63) is 60.2 Å². The molecule has 132 valence electrons. The van der Waals surface area contributed by atoms with E-state index < -0.39 is 12.1 Å². The van der Waals surface area contributed by atoms with E-state index in [0.29, 0.717) is 5.56 Å². The molecule has 0 bridgehead atoms. The van der Waals surface area contributed by atoms with Gasteiger partial charge in [0.05, 0.1) is 12.9 Å². The Balaban J connectivity index is 2.00. The molecule has 1 atom stereocenters. The van der Waals surface area contributed by atoms with Crippen LogP contribution in [0, 0.1) is 0 Å². The summed E-state index contributed by atoms with van der Waals surface area (Å²) in [6.07, 6.45) is -0.930. The lowest BCUT2D eigenvalue weighted by molar-refractivity contribution is -0.157. The fourth-order valence-electron chi connectivity index (χ4n) is 2.10. The Kier molecular flexibility index (Phi) is 6.89. The van der Waals surface area contributed by atoms with Gasteiger partial charge in [-0.05, 0) is 24.3 Å². The summed E-state index contributed by atoms with van der Waals surface area (Å²) in [7, 11) is 4.88. The first kappa shape index (κ1) is 18.9. The highest BCUT2D eigenvalue weighted by Gasteiger charge is 2.26. The third-order valence-corrected chi connectivity index (χ3v) is 4.42. The van der Waals surface area contributed by atoms with Crippen molar-refractivity contribution in [1.82, 2.24) is 4.90 Å². The largest absolute Gasteiger partial charge is 0.497 e. The zero-order valence-electron chi connectivity index (χ0n) is 14.5. The number of hydrogen-bond donors (Lipinski definition) is 0. The molecule has 0 radical (unpaired) electrons. The highest BCUT2D eigenvalue weighted by molar-refractivity contribution is 8.00. The molecule has 0 saturated carbocycles. The first-order chi connectivity index (χ1) is 12.0. The van der Waals surface area contributed by atoms with Crippen LogP contribution in [0.25, 0.3) is 0 Å². The van der Waals surface area contributed by atoms with Gasteiger partial charge in [-0.2, -0.15) is 0 Å². The molecule has 0 aromatic heterocycles. The number of hydrogen-bond acceptors (Lipinski definition) is 5. The van der Waals surface area contributed by atoms with Gasteiger partial charge in [-0.1, -0.05) is 30.3 Å². The molecule has 1 amide bonds. The molecule has 2 aromatic rings. The Hall–Kier alpha value is -2.47. The number of thioether (sulfide) groups is 1. The minimum atomic E-state index is -0.930. The molecule has 0 unspecified atom stereocenters. The van der Waals surface area contributed by atoms with E-state index in [-0.39, 0.29) is 11.7 Å². The Morgan fingerprint density at radius 2 is 1.68 bits per heavy atom. The average Bonchev–Trinajstić information content (AvgIpc) is 2.65. The van der Waals surface area contributed by atoms with Crippen LogP contribution in [0.2, 0.25) is 0 Å². The molecule has 0 heterocycles. The molecule has 0 spiro atoms. The average molecular weight is 359 g/mol. The molecule has 6 heteroatoms. The predicted octanol–water partition coefficient (Wildman–Crippen LogP) is 3.16. The summed E-state index contributed by atoms with van der Waals surface area (Å²) in [6, 6.07) is 16.4. The highest BCUT2D eigenvalue weighted by Crippen LogP contribution is 2.24. The van der Waals surface area contributed by atoms with Gasteiger partial charge in [0.15, 0.2) is 0 Å². The summed E-state index contributed by atoms with van der Waals surface area (Å²) >= 11 is 1.35. The number of nitrogens with zero attached hydrogens (tertiary/aromatic N) is 1. The number of rotatable bonds is 7. The van der Waals surface area contributed by atoms with Gasteiger partial charge in [0.2, 0.25) is 6.10 Å². The van der Waals surface area contributed by atoms with Crippen molar-refractivity contribution in [2.24, 2.45) is 0 Å². The monoisotopic (exact) mass is 359 g/mol. The Bertz CT molecular complexity index is 701. The van der Waals surface area contributed by atoms with Crippen molar-refractivity contribution in [2.45, 2.75) is 11.0 Å². The van der Waals surface area contributed by atoms with Crippen LogP contribution < -0.4 is 4.74 Å². The zero-order valence-corrected chi connectivity index (χ0v) is 15.3. The fourth-order valence-corrected chi connectivity index (χ4v) is 2.78. The van der Waals surface area contributed by atoms with Gasteiger partial charge in [-0.25, -0.2) is 0 Å². The summed E-state index contributed by atoms with van der Waals surface area (Å²) in [6.45, 7) is 0. The number of carbonyl (C=O) groups excluding carboxylic acids is 2. The van der Waals surface area contributed by atoms with Crippen LogP contribution in [0.3, 0.4) is 0 Å². The maximum atomic E-state index is 12.4. The molecule has 0 saturated heterocycles. The first-order valence-corrected chi connectivity index (χ1v) is 8.72. The Morgan fingerprint density at radius 3 is 2.24 bits per heavy atom. The molecule has 0 aliphatic carbocycles. The third-order valence-electron chi connectivity index (χ3n) is 3.43. The molecule has 0 fully saturated rings. The second-order valence-corrected chi connectivity index (χ2v) is 6.53. The number of carbonyl (C=O) groups is 2. The second-order valence-electron chi connectivity index (χ2n) is 5.48. The quantitative estimate of drug-likeness (QED) is 0.561. The van der Waals surface area contributed by atoms with E-state index in [0.717, 1.165) is 10.6 Å². The molecule has 0 aliphatic rings. The van der Waals surface area contributed by atoms with Gasteiger partial charge < -0.3 is 14.4 Å². The molecular weight excluding hydrogens is 338 g/mol. The molecule has 0 aliphatic heterocycles. The van der Waals surface area contributed by atoms with Gasteiger partial charge in [-0.3, -0.25) is 9.59 Å². The van der Waals surface area contributed by atoms with E-state index in [1.54, 1.807) is 33.3 Å². The van der Waals surface area contributed by atoms with E-state index in [9.17, 15) is 9.59 Å². The van der Waals surface area contributed by atoms with Crippen molar-refractivity contribution < 1.29 is 19.1 Å². The van der Waals surface area contributed by atoms with Crippen LogP contribution in [0.15, 0.2) is 59.5 Å². The Morgan fingerprint density at radius 1 is 1.04 bits per heavy atom. The van der Waals surface area contributed by atoms with Gasteiger partial charge in [-0.15, -0.1) is 11.8 Å². The predicted molar refractivity (Wildman–Crippen MR) is 97.7 cm³/mol. The van der Waals surface area contributed by atoms with Gasteiger partial charge in [0.1, 0.15) is 5.75 Å². The maximum absolute atomic E-state index is 12.4. The standard InChI is InChI=1S/C19H21NO4S/c1-20(2)19(22)18(14-7-5-4-6-8-14)24-17(21)13-25-16-11-9-15(23-3)10-12-16/h4-12,18H,13H2,1-3H3/t18-/m0/s1. The number of ether oxygens (including phenoxy) is 2. The van der Waals surface area contributed by atoms with Gasteiger partial charge >= 0.3 is 5.97 Å². The van der Waals surface area contributed by atoms with Crippen LogP contribution >= 0.6 is 11.8 Å². The van der Waals surface area contributed by atoms with Crippen molar-refractivity contribution in [3.63, 3.8) is 0 Å². The van der Waals surface area contributed by atoms with Crippen molar-refractivity contribution >= 4 is 23.6 Å². The number of esters is 1. The van der Waals surface area contributed by atoms with Gasteiger partial charge in [0, 0.05) is 24.6 Å². The number of likely N-dealkylation sites (N-methyl/N-ethyl adjacent to an activating group) is 1. The zero-order chi connectivity index (χ0) is 18.2. The van der Waals surface area contributed by atoms with Crippen LogP contribution in [0.5, 0.6) is 5.75 Å². The lowest BCUT2D eigenvalue weighted by Gasteiger charge is -2.21. The smallest absolute Gasteiger partial charge is 0.317 e. The molecule has 25 heavy (non-hydrogen) atoms. The normalized spacial score (nSPS) is 11.5. The van der Waals surface area contributed by atoms with E-state index in [2.05, 4.69) is 0 Å². The lowest BCUT2D eigenvalue weighted by Crippen LogP contribution is -2.31. The third kappa shape index (κ3) is 5.53. The molecule has 5 nitrogen and oxygen atoms in total. The van der Waals surface area contributed by atoms with Crippen molar-refractivity contribution in [2.75, 3.05) is 27.0 Å². The summed E-state index contributed by atoms with van der Waals surface area (Å²) in [5.74, 6) is 0.169. The summed E-state index contributed by atoms with van der Waals surface area (Å²) in [4.78, 5) is 26.9. The molecule has 0 N–H and O–H groups in total. The van der Waals surface area contributed by atoms with E-state index in [1.165, 1.54) is 16.7 Å². The summed E-state index contributed by atoms with van der Waals surface area (Å²) < 4.78 is 10.6. The van der Waals surface area contributed by atoms with Crippen LogP contribution in [0.1, 0.15) is 11.7 Å². The van der Waals surface area contributed by atoms with Crippen molar-refractivity contribution in [3.8, 4) is 5.75 Å². The molecular formula is C19H21NO4S. The van der Waals surface area contributed by atoms with Gasteiger partial charge in [0.25, 0.3) is 5.91 Å². The van der Waals surface area contributed by atoms with Crippen LogP contribution in [-0.2, 0) is 14.3 Å². The second kappa shape index (κ2) is 9.13. The minimum Gasteiger partial charge on any atom is -0.497 e. The van der Waals surface area contributed by atoms with Crippen LogP contribution in [-0.4, -0.2) is 43.7 Å². The minimum absolute atomic E-state index is 0.121. The lowest BCUT2D eigenvalue weighted by atomic mass is 10.1. The summed E-state index contributed by atoms with van der Waals surface area (Å²) in [5.41, 5.74) is 0.656. The molecule has 2 aromatic carbocycles. The number of benzene rings is 2. The fraction of sp³-hybridized carbons (Fsp3) is 0.263. The maximum Gasteiger partial charge on any atom is 0.317 e. The first-order valence-electron chi connectivity index (χ1n) is 7.73.